The predicted octanol–water partition coefficient (Wildman–Crippen LogP) is 1.96. The van der Waals surface area contributed by atoms with E-state index in [0.717, 1.165) is 63.0 Å². The maximum absolute atomic E-state index is 14.6. The third-order valence-corrected chi connectivity index (χ3v) is 13.3. The molecule has 2 N–H and O–H groups in total. The van der Waals surface area contributed by atoms with Gasteiger partial charge in [0.05, 0.1) is 11.7 Å². The van der Waals surface area contributed by atoms with Crippen molar-refractivity contribution in [1.82, 2.24) is 4.90 Å². The zero-order valence-corrected chi connectivity index (χ0v) is 26.5. The second-order valence-corrected chi connectivity index (χ2v) is 16.3. The maximum atomic E-state index is 14.6. The average molecular weight is 555 g/mol. The molecule has 6 aliphatic rings. The summed E-state index contributed by atoms with van der Waals surface area (Å²) in [5.74, 6) is 0.678. The summed E-state index contributed by atoms with van der Waals surface area (Å²) in [6.45, 7) is 17.0. The second kappa shape index (κ2) is 9.15. The Morgan fingerprint density at radius 1 is 1.02 bits per heavy atom. The zero-order chi connectivity index (χ0) is 29.3. The monoisotopic (exact) mass is 554 g/mol. The summed E-state index contributed by atoms with van der Waals surface area (Å²) >= 11 is 0. The Bertz CT molecular complexity index is 1290. The zero-order valence-electron chi connectivity index (χ0n) is 26.5. The number of hydrogen-bond acceptors (Lipinski definition) is 6. The summed E-state index contributed by atoms with van der Waals surface area (Å²) in [6.07, 6.45) is 9.30. The van der Waals surface area contributed by atoms with Gasteiger partial charge in [-0.05, 0) is 48.6 Å². The van der Waals surface area contributed by atoms with Crippen LogP contribution in [0.15, 0.2) is 23.3 Å². The molecule has 5 aliphatic carbocycles. The van der Waals surface area contributed by atoms with E-state index in [4.69, 9.17) is 0 Å². The topological polar surface area (TPSA) is 102 Å². The van der Waals surface area contributed by atoms with Crippen LogP contribution in [0.2, 0.25) is 0 Å². The molecule has 0 aromatic rings. The first kappa shape index (κ1) is 31.2. The van der Waals surface area contributed by atoms with Crippen molar-refractivity contribution in [3.63, 3.8) is 0 Å². The summed E-state index contributed by atoms with van der Waals surface area (Å²) in [4.78, 5) is 30.2. The summed E-state index contributed by atoms with van der Waals surface area (Å²) in [6, 6.07) is 2.17. The van der Waals surface area contributed by atoms with E-state index in [2.05, 4.69) is 45.6 Å². The summed E-state index contributed by atoms with van der Waals surface area (Å²) < 4.78 is 0. The molecule has 6 nitrogen and oxygen atoms in total. The number of nitrogens with zero attached hydrogens (tertiary/aromatic N) is 2. The number of carbonyl (C=O) groups is 2. The third-order valence-electron chi connectivity index (χ3n) is 13.3. The van der Waals surface area contributed by atoms with Crippen molar-refractivity contribution < 1.29 is 38.7 Å². The Morgan fingerprint density at radius 3 is 2.27 bits per heavy atom. The Hall–Kier alpha value is -1.21. The van der Waals surface area contributed by atoms with Gasteiger partial charge in [-0.25, -0.2) is 0 Å². The van der Waals surface area contributed by atoms with E-state index >= 15 is 0 Å². The van der Waals surface area contributed by atoms with Gasteiger partial charge in [0.1, 0.15) is 6.07 Å². The molecule has 1 heterocycles. The molecule has 218 valence electrons. The number of aliphatic hydroxyl groups is 2. The van der Waals surface area contributed by atoms with Crippen LogP contribution in [0.4, 0.5) is 0 Å². The van der Waals surface area contributed by atoms with Crippen LogP contribution in [0.1, 0.15) is 93.4 Å². The van der Waals surface area contributed by atoms with Gasteiger partial charge in [-0.2, -0.15) is 11.7 Å². The molecule has 0 bridgehead atoms. The molecule has 3 saturated carbocycles. The minimum atomic E-state index is -1.57. The number of rotatable bonds is 2. The van der Waals surface area contributed by atoms with Gasteiger partial charge in [-0.3, -0.25) is 15.5 Å². The number of ketones is 2. The van der Waals surface area contributed by atoms with Crippen LogP contribution in [-0.2, 0) is 9.59 Å². The SMILES string of the molecule is CC1(C)CC[C@]2(CN3CC(O)C3)CC[C@]3(C)C(O)(C(=O)C=C4[C@@]5(C)C=C(C#N)C(=O)C(C)(C)C5CC[C@]43C)[C-]2C1.[Li+]. The standard InChI is InChI=1S/C34H47N2O4.Li/c1-28(2)10-12-33(20-36-18-22(37)19-36)13-11-32(7)31(6)9-8-23-29(3,4)27(39)21(17-35)15-30(23,5)24(31)14-26(38)34(32,40)25(33)16-28;/h14-15,22-23,37,40H,8-13,16,18-20H2,1-7H3;/q-1;+1/t23?,30-,31+,32-,33+,34?;/m0./s1. The second-order valence-electron chi connectivity index (χ2n) is 16.3. The quantitative estimate of drug-likeness (QED) is 0.400. The molecule has 0 aromatic heterocycles. The van der Waals surface area contributed by atoms with Crippen molar-refractivity contribution in [2.75, 3.05) is 19.6 Å². The van der Waals surface area contributed by atoms with Gasteiger partial charge in [0.25, 0.3) is 0 Å². The number of hydrogen-bond donors (Lipinski definition) is 2. The number of Topliss-reactive ketones (excluding diaryl/α,β-unsaturated/α-hetero) is 1. The van der Waals surface area contributed by atoms with Gasteiger partial charge in [0, 0.05) is 29.5 Å². The van der Waals surface area contributed by atoms with E-state index in [1.54, 1.807) is 6.08 Å². The van der Waals surface area contributed by atoms with Crippen molar-refractivity contribution >= 4 is 11.6 Å². The fourth-order valence-corrected chi connectivity index (χ4v) is 10.7. The fraction of sp³-hybridized carbons (Fsp3) is 0.765. The smallest absolute Gasteiger partial charge is 0.413 e. The average Bonchev–Trinajstić information content (AvgIpc) is 2.85. The number of allylic oxidation sites excluding steroid dienone is 3. The number of nitriles is 1. The maximum Gasteiger partial charge on any atom is 1.00 e. The van der Waals surface area contributed by atoms with E-state index in [1.165, 1.54) is 0 Å². The molecule has 1 aliphatic heterocycles. The van der Waals surface area contributed by atoms with Crippen molar-refractivity contribution in [3.8, 4) is 6.07 Å². The molecule has 7 heteroatoms. The van der Waals surface area contributed by atoms with Gasteiger partial charge < -0.3 is 15.1 Å². The summed E-state index contributed by atoms with van der Waals surface area (Å²) in [7, 11) is 0. The third kappa shape index (κ3) is 3.78. The van der Waals surface area contributed by atoms with Crippen LogP contribution in [0, 0.1) is 55.7 Å². The van der Waals surface area contributed by atoms with Gasteiger partial charge in [-0.15, -0.1) is 5.41 Å². The van der Waals surface area contributed by atoms with E-state index in [9.17, 15) is 25.1 Å². The number of fused-ring (bicyclic) bond motifs is 7. The van der Waals surface area contributed by atoms with Crippen molar-refractivity contribution in [3.05, 3.63) is 29.2 Å². The first-order valence-corrected chi connectivity index (χ1v) is 15.3. The normalized spacial score (nSPS) is 45.4. The first-order valence-electron chi connectivity index (χ1n) is 15.3. The van der Waals surface area contributed by atoms with E-state index < -0.39 is 27.3 Å². The first-order chi connectivity index (χ1) is 18.4. The number of β-amino-alcohol motifs (C(OH)–C–C–N with tert-alkyl or cyclic N) is 1. The van der Waals surface area contributed by atoms with Crippen LogP contribution in [0.25, 0.3) is 0 Å². The molecule has 0 radical (unpaired) electrons. The molecule has 0 aromatic carbocycles. The van der Waals surface area contributed by atoms with Crippen LogP contribution < -0.4 is 18.9 Å². The van der Waals surface area contributed by atoms with Crippen molar-refractivity contribution in [1.29, 1.82) is 5.26 Å². The molecule has 41 heavy (non-hydrogen) atoms. The molecule has 6 atom stereocenters. The Morgan fingerprint density at radius 2 is 1.66 bits per heavy atom. The minimum Gasteiger partial charge on any atom is -0.413 e. The van der Waals surface area contributed by atoms with Crippen LogP contribution in [-0.4, -0.2) is 58.0 Å². The Kier molecular flexibility index (Phi) is 6.97. The fourth-order valence-electron chi connectivity index (χ4n) is 10.7. The molecule has 1 saturated heterocycles. The van der Waals surface area contributed by atoms with Gasteiger partial charge in [0.2, 0.25) is 0 Å². The molecular formula is C34H47LiN2O4. The van der Waals surface area contributed by atoms with E-state index in [1.807, 2.05) is 19.9 Å². The molecule has 0 spiro atoms. The number of likely N-dealkylation sites (tertiary alicyclic amines) is 1. The number of aliphatic hydroxyl groups excluding tert-OH is 1. The molecule has 6 rings (SSSR count). The Balaban J connectivity index is 0.00000337. The van der Waals surface area contributed by atoms with E-state index in [-0.39, 0.29) is 58.9 Å². The Labute approximate surface area is 258 Å². The molecule has 4 fully saturated rings. The van der Waals surface area contributed by atoms with Crippen molar-refractivity contribution in [2.24, 2.45) is 38.4 Å². The van der Waals surface area contributed by atoms with Crippen LogP contribution >= 0.6 is 0 Å². The minimum absolute atomic E-state index is 0. The van der Waals surface area contributed by atoms with E-state index in [0.29, 0.717) is 13.1 Å². The molecule has 2 unspecified atom stereocenters. The van der Waals surface area contributed by atoms with Crippen LogP contribution in [0.5, 0.6) is 0 Å². The molecular weight excluding hydrogens is 507 g/mol. The van der Waals surface area contributed by atoms with Gasteiger partial charge >= 0.3 is 18.9 Å². The van der Waals surface area contributed by atoms with Crippen LogP contribution in [0.3, 0.4) is 0 Å². The summed E-state index contributed by atoms with van der Waals surface area (Å²) in [5, 5.41) is 33.0. The largest absolute Gasteiger partial charge is 1.00 e. The molecule has 0 amide bonds. The van der Waals surface area contributed by atoms with Crippen molar-refractivity contribution in [2.45, 2.75) is 105 Å². The van der Waals surface area contributed by atoms with Gasteiger partial charge in [0.15, 0.2) is 11.6 Å². The summed E-state index contributed by atoms with van der Waals surface area (Å²) in [5.41, 5.74) is -3.14. The number of carbonyl (C=O) groups excluding carboxylic acids is 2. The van der Waals surface area contributed by atoms with Gasteiger partial charge in [-0.1, -0.05) is 84.8 Å². The predicted molar refractivity (Wildman–Crippen MR) is 153 cm³/mol.